The van der Waals surface area contributed by atoms with Crippen molar-refractivity contribution in [2.75, 3.05) is 19.6 Å². The van der Waals surface area contributed by atoms with Crippen molar-refractivity contribution in [3.05, 3.63) is 24.0 Å². The molecule has 2 N–H and O–H groups in total. The van der Waals surface area contributed by atoms with Crippen molar-refractivity contribution in [3.8, 4) is 5.75 Å². The standard InChI is InChI=1S/C14H18N2O3/c17-11-1-2-13(15-5-11)14(19)8-16-6-9-3-12(18)4-10(9)7-16/h1-2,5,9-10,12,17-18H,3-4,6-8H2/t9-,10+,12?. The maximum Gasteiger partial charge on any atom is 0.195 e. The minimum Gasteiger partial charge on any atom is -0.506 e. The van der Waals surface area contributed by atoms with Gasteiger partial charge in [0.05, 0.1) is 18.8 Å². The summed E-state index contributed by atoms with van der Waals surface area (Å²) >= 11 is 0. The lowest BCUT2D eigenvalue weighted by atomic mass is 10.0. The van der Waals surface area contributed by atoms with Crippen LogP contribution in [-0.4, -0.2) is 51.6 Å². The minimum atomic E-state index is -0.147. The average molecular weight is 262 g/mol. The summed E-state index contributed by atoms with van der Waals surface area (Å²) in [5.41, 5.74) is 0.398. The number of carbonyl (C=O) groups excluding carboxylic acids is 1. The average Bonchev–Trinajstić information content (AvgIpc) is 2.86. The van der Waals surface area contributed by atoms with Crippen LogP contribution in [-0.2, 0) is 0 Å². The van der Waals surface area contributed by atoms with Crippen LogP contribution in [0.2, 0.25) is 0 Å². The molecular weight excluding hydrogens is 244 g/mol. The Labute approximate surface area is 111 Å². The van der Waals surface area contributed by atoms with Gasteiger partial charge in [-0.15, -0.1) is 0 Å². The highest BCUT2D eigenvalue weighted by atomic mass is 16.3. The summed E-state index contributed by atoms with van der Waals surface area (Å²) < 4.78 is 0. The van der Waals surface area contributed by atoms with Crippen molar-refractivity contribution >= 4 is 5.78 Å². The normalized spacial score (nSPS) is 30.5. The molecule has 102 valence electrons. The number of rotatable bonds is 3. The van der Waals surface area contributed by atoms with Gasteiger partial charge in [0.15, 0.2) is 5.78 Å². The first-order chi connectivity index (χ1) is 9.11. The van der Waals surface area contributed by atoms with Crippen LogP contribution < -0.4 is 0 Å². The minimum absolute atomic E-state index is 0.0134. The topological polar surface area (TPSA) is 73.7 Å². The van der Waals surface area contributed by atoms with Crippen molar-refractivity contribution < 1.29 is 15.0 Å². The Morgan fingerprint density at radius 1 is 1.32 bits per heavy atom. The molecule has 1 aromatic rings. The van der Waals surface area contributed by atoms with Crippen LogP contribution in [0.15, 0.2) is 18.3 Å². The summed E-state index contributed by atoms with van der Waals surface area (Å²) in [6.45, 7) is 2.16. The highest BCUT2D eigenvalue weighted by Crippen LogP contribution is 2.37. The molecule has 1 unspecified atom stereocenters. The third-order valence-corrected chi connectivity index (χ3v) is 4.20. The van der Waals surface area contributed by atoms with E-state index in [1.54, 1.807) is 6.07 Å². The number of Topliss-reactive ketones (excluding diaryl/α,β-unsaturated/α-hetero) is 1. The van der Waals surface area contributed by atoms with E-state index in [2.05, 4.69) is 9.88 Å². The molecule has 3 atom stereocenters. The number of pyridine rings is 1. The lowest BCUT2D eigenvalue weighted by molar-refractivity contribution is 0.0930. The summed E-state index contributed by atoms with van der Waals surface area (Å²) in [7, 11) is 0. The number of aromatic nitrogens is 1. The quantitative estimate of drug-likeness (QED) is 0.783. The van der Waals surface area contributed by atoms with Gasteiger partial charge in [-0.1, -0.05) is 0 Å². The van der Waals surface area contributed by atoms with Gasteiger partial charge in [-0.2, -0.15) is 0 Å². The molecule has 1 aliphatic heterocycles. The lowest BCUT2D eigenvalue weighted by Gasteiger charge is -2.16. The van der Waals surface area contributed by atoms with Gasteiger partial charge in [0.2, 0.25) is 0 Å². The Kier molecular flexibility index (Phi) is 3.24. The molecule has 0 spiro atoms. The number of aliphatic hydroxyl groups is 1. The third kappa shape index (κ3) is 2.62. The maximum atomic E-state index is 12.1. The lowest BCUT2D eigenvalue weighted by Crippen LogP contribution is -2.29. The second-order valence-electron chi connectivity index (χ2n) is 5.66. The number of likely N-dealkylation sites (tertiary alicyclic amines) is 1. The molecule has 5 heteroatoms. The molecule has 1 aliphatic carbocycles. The van der Waals surface area contributed by atoms with Crippen molar-refractivity contribution in [1.82, 2.24) is 9.88 Å². The van der Waals surface area contributed by atoms with Crippen molar-refractivity contribution in [1.29, 1.82) is 0 Å². The molecule has 0 radical (unpaired) electrons. The second kappa shape index (κ2) is 4.90. The van der Waals surface area contributed by atoms with E-state index in [-0.39, 0.29) is 17.6 Å². The Hall–Kier alpha value is -1.46. The zero-order chi connectivity index (χ0) is 13.4. The van der Waals surface area contributed by atoms with Crippen molar-refractivity contribution in [2.24, 2.45) is 11.8 Å². The predicted octanol–water partition coefficient (Wildman–Crippen LogP) is 0.673. The van der Waals surface area contributed by atoms with E-state index in [0.717, 1.165) is 25.9 Å². The molecule has 19 heavy (non-hydrogen) atoms. The van der Waals surface area contributed by atoms with E-state index in [9.17, 15) is 9.90 Å². The number of aliphatic hydroxyl groups excluding tert-OH is 1. The molecule has 5 nitrogen and oxygen atoms in total. The van der Waals surface area contributed by atoms with E-state index in [0.29, 0.717) is 24.1 Å². The summed E-state index contributed by atoms with van der Waals surface area (Å²) in [6.07, 6.45) is 2.88. The molecule has 0 bridgehead atoms. The van der Waals surface area contributed by atoms with E-state index in [4.69, 9.17) is 5.11 Å². The number of carbonyl (C=O) groups is 1. The molecule has 1 saturated carbocycles. The second-order valence-corrected chi connectivity index (χ2v) is 5.66. The smallest absolute Gasteiger partial charge is 0.195 e. The Morgan fingerprint density at radius 3 is 2.58 bits per heavy atom. The first kappa shape index (κ1) is 12.6. The molecule has 2 fully saturated rings. The van der Waals surface area contributed by atoms with Gasteiger partial charge in [0.25, 0.3) is 0 Å². The molecule has 2 heterocycles. The van der Waals surface area contributed by atoms with Crippen LogP contribution in [0.25, 0.3) is 0 Å². The Bertz CT molecular complexity index is 460. The molecule has 1 aromatic heterocycles. The zero-order valence-electron chi connectivity index (χ0n) is 10.7. The van der Waals surface area contributed by atoms with E-state index < -0.39 is 0 Å². The van der Waals surface area contributed by atoms with Gasteiger partial charge in [-0.25, -0.2) is 4.98 Å². The fourth-order valence-corrected chi connectivity index (χ4v) is 3.33. The summed E-state index contributed by atoms with van der Waals surface area (Å²) in [5, 5.41) is 18.7. The summed E-state index contributed by atoms with van der Waals surface area (Å²) in [5.74, 6) is 1.13. The van der Waals surface area contributed by atoms with Crippen molar-refractivity contribution in [3.63, 3.8) is 0 Å². The van der Waals surface area contributed by atoms with Gasteiger partial charge in [0, 0.05) is 13.1 Å². The number of nitrogens with zero attached hydrogens (tertiary/aromatic N) is 2. The monoisotopic (exact) mass is 262 g/mol. The number of hydrogen-bond donors (Lipinski definition) is 2. The fraction of sp³-hybridized carbons (Fsp3) is 0.571. The number of aromatic hydroxyl groups is 1. The summed E-state index contributed by atoms with van der Waals surface area (Å²) in [4.78, 5) is 18.1. The molecule has 0 aromatic carbocycles. The largest absolute Gasteiger partial charge is 0.506 e. The van der Waals surface area contributed by atoms with Gasteiger partial charge < -0.3 is 10.2 Å². The van der Waals surface area contributed by atoms with Crippen LogP contribution in [0, 0.1) is 11.8 Å². The zero-order valence-corrected chi connectivity index (χ0v) is 10.7. The SMILES string of the molecule is O=C(CN1C[C@H]2CC(O)C[C@H]2C1)c1ccc(O)cn1. The highest BCUT2D eigenvalue weighted by Gasteiger charge is 2.40. The van der Waals surface area contributed by atoms with E-state index in [1.165, 1.54) is 12.3 Å². The third-order valence-electron chi connectivity index (χ3n) is 4.20. The number of fused-ring (bicyclic) bond motifs is 1. The van der Waals surface area contributed by atoms with E-state index >= 15 is 0 Å². The first-order valence-electron chi connectivity index (χ1n) is 6.70. The predicted molar refractivity (Wildman–Crippen MR) is 68.9 cm³/mol. The van der Waals surface area contributed by atoms with Gasteiger partial charge >= 0.3 is 0 Å². The van der Waals surface area contributed by atoms with Crippen LogP contribution in [0.5, 0.6) is 5.75 Å². The fourth-order valence-electron chi connectivity index (χ4n) is 3.33. The molecule has 2 aliphatic rings. The van der Waals surface area contributed by atoms with Gasteiger partial charge in [-0.3, -0.25) is 9.69 Å². The maximum absolute atomic E-state index is 12.1. The highest BCUT2D eigenvalue weighted by molar-refractivity contribution is 5.95. The Balaban J connectivity index is 1.58. The molecule has 1 saturated heterocycles. The van der Waals surface area contributed by atoms with Crippen LogP contribution in [0.3, 0.4) is 0 Å². The molecule has 3 rings (SSSR count). The Morgan fingerprint density at radius 2 is 2.00 bits per heavy atom. The van der Waals surface area contributed by atoms with Crippen LogP contribution in [0.1, 0.15) is 23.3 Å². The number of ketones is 1. The van der Waals surface area contributed by atoms with Gasteiger partial charge in [-0.05, 0) is 36.8 Å². The molecular formula is C14H18N2O3. The van der Waals surface area contributed by atoms with Crippen molar-refractivity contribution in [2.45, 2.75) is 18.9 Å². The number of hydrogen-bond acceptors (Lipinski definition) is 5. The van der Waals surface area contributed by atoms with Crippen LogP contribution in [0.4, 0.5) is 0 Å². The van der Waals surface area contributed by atoms with Gasteiger partial charge in [0.1, 0.15) is 11.4 Å². The first-order valence-corrected chi connectivity index (χ1v) is 6.70. The van der Waals surface area contributed by atoms with Crippen LogP contribution >= 0.6 is 0 Å². The summed E-state index contributed by atoms with van der Waals surface area (Å²) in [6, 6.07) is 3.04. The van der Waals surface area contributed by atoms with E-state index in [1.807, 2.05) is 0 Å². The molecule has 0 amide bonds.